The molecule has 0 aromatic heterocycles. The van der Waals surface area contributed by atoms with E-state index in [9.17, 15) is 0 Å². The van der Waals surface area contributed by atoms with Gasteiger partial charge in [0.15, 0.2) is 0 Å². The van der Waals surface area contributed by atoms with Crippen LogP contribution in [0.3, 0.4) is 0 Å². The second-order valence-electron chi connectivity index (χ2n) is 2.52. The number of nitrogens with zero attached hydrogens (tertiary/aromatic N) is 1. The standard InChI is InChI=1S/C7H11NO2/c1-2-9-4-7(3-8)5-10-6-7/h2,4-6H2,1H3. The van der Waals surface area contributed by atoms with Gasteiger partial charge in [-0.05, 0) is 6.92 Å². The highest BCUT2D eigenvalue weighted by atomic mass is 16.5. The smallest absolute Gasteiger partial charge is 0.127 e. The van der Waals surface area contributed by atoms with Crippen LogP contribution in [0.15, 0.2) is 0 Å². The molecule has 56 valence electrons. The molecule has 1 heterocycles. The van der Waals surface area contributed by atoms with Crippen LogP contribution in [-0.4, -0.2) is 26.4 Å². The summed E-state index contributed by atoms with van der Waals surface area (Å²) < 4.78 is 10.1. The number of rotatable bonds is 3. The van der Waals surface area contributed by atoms with Crippen LogP contribution in [0.1, 0.15) is 6.92 Å². The summed E-state index contributed by atoms with van der Waals surface area (Å²) in [5.41, 5.74) is -0.323. The summed E-state index contributed by atoms with van der Waals surface area (Å²) in [5, 5.41) is 8.65. The third kappa shape index (κ3) is 1.28. The maximum Gasteiger partial charge on any atom is 0.127 e. The molecule has 10 heavy (non-hydrogen) atoms. The highest BCUT2D eigenvalue weighted by Crippen LogP contribution is 2.26. The molecule has 1 rings (SSSR count). The van der Waals surface area contributed by atoms with Gasteiger partial charge < -0.3 is 9.47 Å². The average molecular weight is 141 g/mol. The molecule has 1 saturated heterocycles. The lowest BCUT2D eigenvalue weighted by molar-refractivity contribution is -0.114. The van der Waals surface area contributed by atoms with E-state index in [-0.39, 0.29) is 5.41 Å². The summed E-state index contributed by atoms with van der Waals surface area (Å²) in [7, 11) is 0. The zero-order valence-electron chi connectivity index (χ0n) is 6.09. The van der Waals surface area contributed by atoms with Crippen molar-refractivity contribution in [1.29, 1.82) is 5.26 Å². The van der Waals surface area contributed by atoms with E-state index < -0.39 is 0 Å². The summed E-state index contributed by atoms with van der Waals surface area (Å²) in [6.07, 6.45) is 0. The molecular weight excluding hydrogens is 130 g/mol. The quantitative estimate of drug-likeness (QED) is 0.576. The molecule has 1 aliphatic heterocycles. The van der Waals surface area contributed by atoms with E-state index in [1.807, 2.05) is 6.92 Å². The van der Waals surface area contributed by atoms with Gasteiger partial charge in [0.25, 0.3) is 0 Å². The number of hydrogen-bond donors (Lipinski definition) is 0. The van der Waals surface area contributed by atoms with Crippen LogP contribution < -0.4 is 0 Å². The van der Waals surface area contributed by atoms with Crippen molar-refractivity contribution < 1.29 is 9.47 Å². The van der Waals surface area contributed by atoms with Crippen molar-refractivity contribution in [1.82, 2.24) is 0 Å². The zero-order chi connectivity index (χ0) is 7.45. The Kier molecular flexibility index (Phi) is 2.25. The Morgan fingerprint density at radius 1 is 1.70 bits per heavy atom. The Balaban J connectivity index is 2.29. The molecule has 0 N–H and O–H groups in total. The van der Waals surface area contributed by atoms with Gasteiger partial charge in [0, 0.05) is 6.61 Å². The molecule has 0 amide bonds. The maximum atomic E-state index is 8.65. The van der Waals surface area contributed by atoms with Crippen LogP contribution in [0.25, 0.3) is 0 Å². The van der Waals surface area contributed by atoms with E-state index in [1.54, 1.807) is 0 Å². The van der Waals surface area contributed by atoms with Gasteiger partial charge in [0.1, 0.15) is 5.41 Å². The molecule has 0 aromatic carbocycles. The van der Waals surface area contributed by atoms with Crippen molar-refractivity contribution in [3.05, 3.63) is 0 Å². The largest absolute Gasteiger partial charge is 0.380 e. The number of hydrogen-bond acceptors (Lipinski definition) is 3. The van der Waals surface area contributed by atoms with Crippen molar-refractivity contribution >= 4 is 0 Å². The van der Waals surface area contributed by atoms with E-state index in [0.29, 0.717) is 26.4 Å². The van der Waals surface area contributed by atoms with Crippen molar-refractivity contribution in [3.8, 4) is 6.07 Å². The molecule has 1 fully saturated rings. The predicted molar refractivity (Wildman–Crippen MR) is 35.4 cm³/mol. The molecule has 0 saturated carbocycles. The summed E-state index contributed by atoms with van der Waals surface area (Å²) in [5.74, 6) is 0. The summed E-state index contributed by atoms with van der Waals surface area (Å²) >= 11 is 0. The van der Waals surface area contributed by atoms with Crippen LogP contribution in [0.2, 0.25) is 0 Å². The van der Waals surface area contributed by atoms with Crippen LogP contribution in [-0.2, 0) is 9.47 Å². The van der Waals surface area contributed by atoms with E-state index in [4.69, 9.17) is 14.7 Å². The molecule has 3 nitrogen and oxygen atoms in total. The fourth-order valence-electron chi connectivity index (χ4n) is 0.826. The Bertz CT molecular complexity index is 146. The summed E-state index contributed by atoms with van der Waals surface area (Å²) in [6.45, 7) is 4.17. The molecule has 3 heteroatoms. The first-order valence-corrected chi connectivity index (χ1v) is 3.40. The SMILES string of the molecule is CCOCC1(C#N)COC1. The van der Waals surface area contributed by atoms with Crippen molar-refractivity contribution in [2.24, 2.45) is 5.41 Å². The first-order valence-electron chi connectivity index (χ1n) is 3.40. The fourth-order valence-corrected chi connectivity index (χ4v) is 0.826. The maximum absolute atomic E-state index is 8.65. The first-order chi connectivity index (χ1) is 4.83. The van der Waals surface area contributed by atoms with E-state index >= 15 is 0 Å². The number of ether oxygens (including phenoxy) is 2. The van der Waals surface area contributed by atoms with E-state index in [2.05, 4.69) is 6.07 Å². The molecule has 0 atom stereocenters. The van der Waals surface area contributed by atoms with Crippen molar-refractivity contribution in [3.63, 3.8) is 0 Å². The average Bonchev–Trinajstić information content (AvgIpc) is 1.87. The molecule has 0 spiro atoms. The molecule has 0 aromatic rings. The third-order valence-electron chi connectivity index (χ3n) is 1.58. The van der Waals surface area contributed by atoms with Crippen molar-refractivity contribution in [2.75, 3.05) is 26.4 Å². The summed E-state index contributed by atoms with van der Waals surface area (Å²) in [4.78, 5) is 0. The molecule has 0 aliphatic carbocycles. The van der Waals surface area contributed by atoms with E-state index in [0.717, 1.165) is 0 Å². The summed E-state index contributed by atoms with van der Waals surface area (Å²) in [6, 6.07) is 2.20. The van der Waals surface area contributed by atoms with Crippen LogP contribution in [0.4, 0.5) is 0 Å². The molecule has 0 bridgehead atoms. The predicted octanol–water partition coefficient (Wildman–Crippen LogP) is 0.563. The normalized spacial score (nSPS) is 21.2. The van der Waals surface area contributed by atoms with E-state index in [1.165, 1.54) is 0 Å². The fraction of sp³-hybridized carbons (Fsp3) is 0.857. The second kappa shape index (κ2) is 3.00. The van der Waals surface area contributed by atoms with Gasteiger partial charge >= 0.3 is 0 Å². The Hall–Kier alpha value is -0.590. The van der Waals surface area contributed by atoms with Gasteiger partial charge in [0.2, 0.25) is 0 Å². The van der Waals surface area contributed by atoms with Gasteiger partial charge in [-0.25, -0.2) is 0 Å². The van der Waals surface area contributed by atoms with Gasteiger partial charge in [-0.1, -0.05) is 0 Å². The van der Waals surface area contributed by atoms with Crippen molar-refractivity contribution in [2.45, 2.75) is 6.92 Å². The first kappa shape index (κ1) is 7.52. The minimum Gasteiger partial charge on any atom is -0.380 e. The Morgan fingerprint density at radius 3 is 2.70 bits per heavy atom. The second-order valence-corrected chi connectivity index (χ2v) is 2.52. The highest BCUT2D eigenvalue weighted by molar-refractivity contribution is 5.03. The van der Waals surface area contributed by atoms with Gasteiger partial charge in [0.05, 0.1) is 25.9 Å². The monoisotopic (exact) mass is 141 g/mol. The minimum atomic E-state index is -0.323. The molecule has 0 radical (unpaired) electrons. The number of nitriles is 1. The Labute approximate surface area is 60.5 Å². The molecule has 1 aliphatic rings. The van der Waals surface area contributed by atoms with Crippen LogP contribution in [0.5, 0.6) is 0 Å². The Morgan fingerprint density at radius 2 is 2.40 bits per heavy atom. The topological polar surface area (TPSA) is 42.2 Å². The lowest BCUT2D eigenvalue weighted by Gasteiger charge is -2.34. The van der Waals surface area contributed by atoms with Gasteiger partial charge in [-0.2, -0.15) is 5.26 Å². The lowest BCUT2D eigenvalue weighted by atomic mass is 9.89. The van der Waals surface area contributed by atoms with Crippen LogP contribution >= 0.6 is 0 Å². The minimum absolute atomic E-state index is 0.323. The third-order valence-corrected chi connectivity index (χ3v) is 1.58. The van der Waals surface area contributed by atoms with Gasteiger partial charge in [-0.15, -0.1) is 0 Å². The lowest BCUT2D eigenvalue weighted by Crippen LogP contribution is -2.45. The highest BCUT2D eigenvalue weighted by Gasteiger charge is 2.39. The zero-order valence-corrected chi connectivity index (χ0v) is 6.09. The van der Waals surface area contributed by atoms with Gasteiger partial charge in [-0.3, -0.25) is 0 Å². The van der Waals surface area contributed by atoms with Crippen LogP contribution in [0, 0.1) is 16.7 Å². The molecular formula is C7H11NO2. The molecule has 0 unspecified atom stereocenters.